The van der Waals surface area contributed by atoms with E-state index < -0.39 is 0 Å². The van der Waals surface area contributed by atoms with Crippen molar-refractivity contribution in [2.75, 3.05) is 0 Å². The van der Waals surface area contributed by atoms with Crippen LogP contribution in [-0.4, -0.2) is 0 Å². The van der Waals surface area contributed by atoms with Crippen LogP contribution in [0.15, 0.2) is 36.2 Å². The van der Waals surface area contributed by atoms with Gasteiger partial charge in [-0.3, -0.25) is 0 Å². The molecule has 3 aromatic heterocycles. The Kier molecular flexibility index (Phi) is 2.01. The van der Waals surface area contributed by atoms with Crippen LogP contribution in [0.25, 0.3) is 32.9 Å². The molecule has 0 atom stereocenters. The van der Waals surface area contributed by atoms with Gasteiger partial charge in [-0.05, 0) is 38.5 Å². The maximum Gasteiger partial charge on any atom is 0.336 e. The first-order valence-electron chi connectivity index (χ1n) is 6.41. The Bertz CT molecular complexity index is 1040. The third-order valence-corrected chi connectivity index (χ3v) is 3.59. The van der Waals surface area contributed by atoms with Gasteiger partial charge in [0, 0.05) is 6.07 Å². The highest BCUT2D eigenvalue weighted by Crippen LogP contribution is 2.38. The minimum absolute atomic E-state index is 0.363. The molecule has 0 aliphatic carbocycles. The zero-order valence-electron chi connectivity index (χ0n) is 11.4. The van der Waals surface area contributed by atoms with Crippen LogP contribution in [-0.2, 0) is 0 Å². The van der Waals surface area contributed by atoms with E-state index in [-0.39, 0.29) is 5.63 Å². The second-order valence-corrected chi connectivity index (χ2v) is 5.15. The summed E-state index contributed by atoms with van der Waals surface area (Å²) in [5.41, 5.74) is 2.43. The predicted molar refractivity (Wildman–Crippen MR) is 76.2 cm³/mol. The van der Waals surface area contributed by atoms with Crippen molar-refractivity contribution in [2.45, 2.75) is 20.8 Å². The van der Waals surface area contributed by atoms with Gasteiger partial charge in [-0.2, -0.15) is 0 Å². The fourth-order valence-corrected chi connectivity index (χ4v) is 2.83. The molecule has 3 heterocycles. The number of furan rings is 2. The molecule has 0 saturated carbocycles. The van der Waals surface area contributed by atoms with Crippen molar-refractivity contribution >= 4 is 32.9 Å². The molecule has 4 heteroatoms. The van der Waals surface area contributed by atoms with Gasteiger partial charge in [0.2, 0.25) is 0 Å². The maximum atomic E-state index is 11.7. The molecule has 0 fully saturated rings. The molecular weight excluding hydrogens is 256 g/mol. The van der Waals surface area contributed by atoms with Crippen LogP contribution in [0.5, 0.6) is 0 Å². The Morgan fingerprint density at radius 1 is 0.750 bits per heavy atom. The lowest BCUT2D eigenvalue weighted by Crippen LogP contribution is -1.98. The molecule has 20 heavy (non-hydrogen) atoms. The van der Waals surface area contributed by atoms with Gasteiger partial charge < -0.3 is 13.3 Å². The Labute approximate surface area is 113 Å². The number of fused-ring (bicyclic) bond motifs is 6. The van der Waals surface area contributed by atoms with Crippen LogP contribution in [0.1, 0.15) is 17.1 Å². The van der Waals surface area contributed by atoms with E-state index in [1.807, 2.05) is 32.9 Å². The van der Waals surface area contributed by atoms with Crippen LogP contribution in [0.3, 0.4) is 0 Å². The monoisotopic (exact) mass is 268 g/mol. The van der Waals surface area contributed by atoms with E-state index in [2.05, 4.69) is 0 Å². The van der Waals surface area contributed by atoms with Crippen LogP contribution in [0.4, 0.5) is 0 Å². The van der Waals surface area contributed by atoms with E-state index >= 15 is 0 Å². The normalized spacial score (nSPS) is 11.9. The second kappa shape index (κ2) is 3.54. The van der Waals surface area contributed by atoms with Crippen LogP contribution in [0.2, 0.25) is 0 Å². The van der Waals surface area contributed by atoms with E-state index in [1.165, 1.54) is 6.07 Å². The second-order valence-electron chi connectivity index (χ2n) is 5.15. The highest BCUT2D eigenvalue weighted by atomic mass is 16.4. The zero-order valence-corrected chi connectivity index (χ0v) is 11.4. The predicted octanol–water partition coefficient (Wildman–Crippen LogP) is 4.21. The van der Waals surface area contributed by atoms with Crippen molar-refractivity contribution in [3.05, 3.63) is 45.7 Å². The average molecular weight is 268 g/mol. The molecular formula is C16H12O4. The maximum absolute atomic E-state index is 11.7. The quantitative estimate of drug-likeness (QED) is 0.448. The zero-order chi connectivity index (χ0) is 14.0. The summed E-state index contributed by atoms with van der Waals surface area (Å²) in [6, 6.07) is 5.32. The number of rotatable bonds is 0. The Hall–Kier alpha value is -2.49. The lowest BCUT2D eigenvalue weighted by molar-refractivity contribution is 0.557. The summed E-state index contributed by atoms with van der Waals surface area (Å²) in [5.74, 6) is 1.57. The van der Waals surface area contributed by atoms with Crippen molar-refractivity contribution in [3.8, 4) is 0 Å². The van der Waals surface area contributed by atoms with Crippen LogP contribution < -0.4 is 5.63 Å². The van der Waals surface area contributed by atoms with Gasteiger partial charge in [-0.15, -0.1) is 0 Å². The lowest BCUT2D eigenvalue weighted by Gasteiger charge is -2.02. The smallest absolute Gasteiger partial charge is 0.336 e. The fourth-order valence-electron chi connectivity index (χ4n) is 2.83. The van der Waals surface area contributed by atoms with Gasteiger partial charge in [0.1, 0.15) is 22.7 Å². The van der Waals surface area contributed by atoms with Gasteiger partial charge in [0.15, 0.2) is 5.58 Å². The summed E-state index contributed by atoms with van der Waals surface area (Å²) in [6.45, 7) is 5.65. The number of benzene rings is 1. The number of hydrogen-bond acceptors (Lipinski definition) is 4. The van der Waals surface area contributed by atoms with Crippen LogP contribution in [0, 0.1) is 20.8 Å². The molecule has 0 radical (unpaired) electrons. The third-order valence-electron chi connectivity index (χ3n) is 3.59. The fraction of sp³-hybridized carbons (Fsp3) is 0.188. The van der Waals surface area contributed by atoms with Gasteiger partial charge in [-0.1, -0.05) is 0 Å². The summed E-state index contributed by atoms with van der Waals surface area (Å²) in [7, 11) is 0. The van der Waals surface area contributed by atoms with E-state index in [0.717, 1.165) is 33.2 Å². The van der Waals surface area contributed by atoms with Crippen molar-refractivity contribution in [2.24, 2.45) is 0 Å². The summed E-state index contributed by atoms with van der Waals surface area (Å²) < 4.78 is 17.0. The van der Waals surface area contributed by atoms with Gasteiger partial charge in [-0.25, -0.2) is 4.79 Å². The summed E-state index contributed by atoms with van der Waals surface area (Å²) in [6.07, 6.45) is 0. The number of aryl methyl sites for hydroxylation is 3. The summed E-state index contributed by atoms with van der Waals surface area (Å²) in [4.78, 5) is 11.7. The molecule has 100 valence electrons. The standard InChI is InChI=1S/C16H12O4/c1-7-4-12(17)20-16-11-5-8(2)18-14(11)10-6-9(3)19-15(10)13(7)16/h4-6H,1-3H3. The van der Waals surface area contributed by atoms with E-state index in [9.17, 15) is 4.79 Å². The molecule has 0 spiro atoms. The molecule has 0 N–H and O–H groups in total. The van der Waals surface area contributed by atoms with Crippen molar-refractivity contribution in [1.82, 2.24) is 0 Å². The minimum Gasteiger partial charge on any atom is -0.460 e. The lowest BCUT2D eigenvalue weighted by atomic mass is 10.1. The summed E-state index contributed by atoms with van der Waals surface area (Å²) in [5, 5.41) is 2.56. The Morgan fingerprint density at radius 3 is 1.95 bits per heavy atom. The molecule has 0 bridgehead atoms. The molecule has 0 saturated heterocycles. The van der Waals surface area contributed by atoms with Crippen molar-refractivity contribution in [3.63, 3.8) is 0 Å². The molecule has 4 aromatic rings. The van der Waals surface area contributed by atoms with Crippen molar-refractivity contribution < 1.29 is 13.3 Å². The molecule has 0 aliphatic heterocycles. The molecule has 0 amide bonds. The minimum atomic E-state index is -0.363. The SMILES string of the molecule is Cc1cc2c(o1)c1cc(C)oc1c1c(C)cc(=O)oc21. The van der Waals surface area contributed by atoms with E-state index in [1.54, 1.807) is 0 Å². The van der Waals surface area contributed by atoms with Gasteiger partial charge >= 0.3 is 5.63 Å². The highest BCUT2D eigenvalue weighted by molar-refractivity contribution is 6.21. The summed E-state index contributed by atoms with van der Waals surface area (Å²) >= 11 is 0. The first kappa shape index (κ1) is 11.3. The molecule has 1 aromatic carbocycles. The molecule has 0 unspecified atom stereocenters. The van der Waals surface area contributed by atoms with Gasteiger partial charge in [0.25, 0.3) is 0 Å². The van der Waals surface area contributed by atoms with Crippen molar-refractivity contribution in [1.29, 1.82) is 0 Å². The number of hydrogen-bond donors (Lipinski definition) is 0. The van der Waals surface area contributed by atoms with Gasteiger partial charge in [0.05, 0.1) is 16.2 Å². The first-order chi connectivity index (χ1) is 9.54. The highest BCUT2D eigenvalue weighted by Gasteiger charge is 2.19. The Morgan fingerprint density at radius 2 is 1.30 bits per heavy atom. The average Bonchev–Trinajstić information content (AvgIpc) is 2.91. The van der Waals surface area contributed by atoms with E-state index in [0.29, 0.717) is 16.7 Å². The molecule has 0 aliphatic rings. The molecule has 4 nitrogen and oxygen atoms in total. The topological polar surface area (TPSA) is 56.5 Å². The van der Waals surface area contributed by atoms with E-state index in [4.69, 9.17) is 13.3 Å². The third kappa shape index (κ3) is 1.33. The Balaban J connectivity index is 2.47. The molecule has 4 rings (SSSR count). The largest absolute Gasteiger partial charge is 0.460 e. The first-order valence-corrected chi connectivity index (χ1v) is 6.41. The van der Waals surface area contributed by atoms with Crippen LogP contribution >= 0.6 is 0 Å².